The van der Waals surface area contributed by atoms with Crippen LogP contribution in [0.2, 0.25) is 0 Å². The second-order valence-electron chi connectivity index (χ2n) is 8.94. The van der Waals surface area contributed by atoms with Gasteiger partial charge < -0.3 is 29.2 Å². The van der Waals surface area contributed by atoms with Crippen molar-refractivity contribution in [1.29, 1.82) is 0 Å². The van der Waals surface area contributed by atoms with E-state index in [1.54, 1.807) is 48.5 Å². The van der Waals surface area contributed by atoms with Gasteiger partial charge in [0.1, 0.15) is 36.9 Å². The maximum atomic E-state index is 12.0. The van der Waals surface area contributed by atoms with E-state index in [4.69, 9.17) is 18.9 Å². The van der Waals surface area contributed by atoms with Gasteiger partial charge in [-0.1, -0.05) is 24.3 Å². The first-order valence-electron chi connectivity index (χ1n) is 11.7. The van der Waals surface area contributed by atoms with Gasteiger partial charge in [0.15, 0.2) is 0 Å². The average Bonchev–Trinajstić information content (AvgIpc) is 3.78. The van der Waals surface area contributed by atoms with Crippen LogP contribution in [0.4, 0.5) is 0 Å². The highest BCUT2D eigenvalue weighted by Crippen LogP contribution is 2.38. The molecule has 0 radical (unpaired) electrons. The minimum absolute atomic E-state index is 0.0782. The molecule has 2 aliphatic heterocycles. The van der Waals surface area contributed by atoms with Gasteiger partial charge in [0.2, 0.25) is 0 Å². The Hall–Kier alpha value is -3.88. The number of aromatic carboxylic acids is 2. The van der Waals surface area contributed by atoms with E-state index in [9.17, 15) is 19.8 Å². The quantitative estimate of drug-likeness (QED) is 0.396. The molecule has 0 aliphatic carbocycles. The molecule has 3 aromatic carbocycles. The van der Waals surface area contributed by atoms with Crippen LogP contribution in [0, 0.1) is 13.8 Å². The number of rotatable bonds is 10. The molecule has 2 atom stereocenters. The molecule has 2 heterocycles. The van der Waals surface area contributed by atoms with Gasteiger partial charge in [-0.25, -0.2) is 9.59 Å². The Labute approximate surface area is 208 Å². The van der Waals surface area contributed by atoms with E-state index < -0.39 is 11.9 Å². The summed E-state index contributed by atoms with van der Waals surface area (Å²) in [7, 11) is 0. The zero-order valence-electron chi connectivity index (χ0n) is 19.9. The second-order valence-corrected chi connectivity index (χ2v) is 8.94. The van der Waals surface area contributed by atoms with Crippen LogP contribution >= 0.6 is 0 Å². The number of hydrogen-bond acceptors (Lipinski definition) is 6. The lowest BCUT2D eigenvalue weighted by molar-refractivity contribution is 0.0686. The summed E-state index contributed by atoms with van der Waals surface area (Å²) in [5.74, 6) is -0.878. The first-order chi connectivity index (χ1) is 17.3. The van der Waals surface area contributed by atoms with Crippen molar-refractivity contribution in [3.63, 3.8) is 0 Å². The van der Waals surface area contributed by atoms with Crippen molar-refractivity contribution in [3.8, 4) is 33.8 Å². The lowest BCUT2D eigenvalue weighted by Crippen LogP contribution is -2.08. The van der Waals surface area contributed by atoms with E-state index in [-0.39, 0.29) is 23.3 Å². The van der Waals surface area contributed by atoms with Crippen molar-refractivity contribution < 1.29 is 38.7 Å². The molecule has 0 spiro atoms. The highest BCUT2D eigenvalue weighted by atomic mass is 16.6. The highest BCUT2D eigenvalue weighted by Gasteiger charge is 2.26. The number of hydrogen-bond donors (Lipinski definition) is 2. The van der Waals surface area contributed by atoms with Crippen LogP contribution in [0.3, 0.4) is 0 Å². The first-order valence-corrected chi connectivity index (χ1v) is 11.7. The molecule has 2 fully saturated rings. The largest absolute Gasteiger partial charge is 0.490 e. The molecule has 0 amide bonds. The van der Waals surface area contributed by atoms with Crippen LogP contribution in [-0.4, -0.2) is 60.8 Å². The Morgan fingerprint density at radius 2 is 1.08 bits per heavy atom. The maximum Gasteiger partial charge on any atom is 0.336 e. The van der Waals surface area contributed by atoms with Crippen molar-refractivity contribution >= 4 is 11.9 Å². The molecule has 3 aromatic rings. The van der Waals surface area contributed by atoms with Crippen LogP contribution in [0.25, 0.3) is 22.3 Å². The molecule has 0 saturated carbocycles. The topological polar surface area (TPSA) is 118 Å². The highest BCUT2D eigenvalue weighted by molar-refractivity contribution is 5.99. The van der Waals surface area contributed by atoms with E-state index in [1.165, 1.54) is 0 Å². The van der Waals surface area contributed by atoms with Crippen molar-refractivity contribution in [2.75, 3.05) is 26.4 Å². The van der Waals surface area contributed by atoms with Crippen LogP contribution in [-0.2, 0) is 9.47 Å². The number of carbonyl (C=O) groups is 2. The zero-order valence-corrected chi connectivity index (χ0v) is 19.9. The summed E-state index contributed by atoms with van der Waals surface area (Å²) in [6.45, 7) is 5.81. The lowest BCUT2D eigenvalue weighted by Gasteiger charge is -2.17. The summed E-state index contributed by atoms with van der Waals surface area (Å²) in [6, 6.07) is 13.6. The molecule has 2 unspecified atom stereocenters. The van der Waals surface area contributed by atoms with E-state index in [0.29, 0.717) is 71.3 Å². The van der Waals surface area contributed by atoms with Crippen molar-refractivity contribution in [3.05, 3.63) is 70.8 Å². The summed E-state index contributed by atoms with van der Waals surface area (Å²) < 4.78 is 22.1. The zero-order chi connectivity index (χ0) is 25.4. The van der Waals surface area contributed by atoms with E-state index >= 15 is 0 Å². The van der Waals surface area contributed by atoms with Crippen LogP contribution in [0.1, 0.15) is 31.8 Å². The fraction of sp³-hybridized carbons (Fsp3) is 0.286. The van der Waals surface area contributed by atoms with Crippen molar-refractivity contribution in [2.24, 2.45) is 0 Å². The Balaban J connectivity index is 1.52. The summed E-state index contributed by atoms with van der Waals surface area (Å²) in [6.07, 6.45) is 0.156. The number of benzene rings is 3. The second kappa shape index (κ2) is 9.64. The molecule has 5 rings (SSSR count). The number of ether oxygens (including phenoxy) is 4. The summed E-state index contributed by atoms with van der Waals surface area (Å²) in [5.41, 5.74) is 4.24. The predicted molar refractivity (Wildman–Crippen MR) is 131 cm³/mol. The summed E-state index contributed by atoms with van der Waals surface area (Å²) in [4.78, 5) is 24.0. The maximum absolute atomic E-state index is 12.0. The van der Waals surface area contributed by atoms with Crippen LogP contribution < -0.4 is 9.47 Å². The van der Waals surface area contributed by atoms with Gasteiger partial charge in [0, 0.05) is 11.1 Å². The van der Waals surface area contributed by atoms with Gasteiger partial charge in [0.05, 0.1) is 24.3 Å². The number of carboxylic acid groups (broad SMARTS) is 2. The summed E-state index contributed by atoms with van der Waals surface area (Å²) >= 11 is 0. The Bertz CT molecular complexity index is 1220. The van der Waals surface area contributed by atoms with Gasteiger partial charge in [-0.2, -0.15) is 0 Å². The summed E-state index contributed by atoms with van der Waals surface area (Å²) in [5, 5.41) is 19.6. The third kappa shape index (κ3) is 4.91. The molecule has 2 N–H and O–H groups in total. The SMILES string of the molecule is Cc1c(OCC2CO2)ccc(C(=O)O)c1-c1ccc(-c2c(C(=O)O)ccc(OCC3CO3)c2C)cc1. The minimum Gasteiger partial charge on any atom is -0.490 e. The minimum atomic E-state index is -1.04. The van der Waals surface area contributed by atoms with Gasteiger partial charge in [-0.15, -0.1) is 0 Å². The molecular formula is C28H26O8. The van der Waals surface area contributed by atoms with E-state index in [1.807, 2.05) is 13.8 Å². The third-order valence-electron chi connectivity index (χ3n) is 6.41. The molecule has 2 saturated heterocycles. The van der Waals surface area contributed by atoms with Crippen molar-refractivity contribution in [2.45, 2.75) is 26.1 Å². The number of carboxylic acids is 2. The van der Waals surface area contributed by atoms with Crippen molar-refractivity contribution in [1.82, 2.24) is 0 Å². The van der Waals surface area contributed by atoms with Crippen LogP contribution in [0.15, 0.2) is 48.5 Å². The third-order valence-corrected chi connectivity index (χ3v) is 6.41. The lowest BCUT2D eigenvalue weighted by atomic mass is 9.90. The molecule has 8 nitrogen and oxygen atoms in total. The Kier molecular flexibility index (Phi) is 6.38. The smallest absolute Gasteiger partial charge is 0.336 e. The Morgan fingerprint density at radius 3 is 1.39 bits per heavy atom. The molecule has 0 bridgehead atoms. The molecule has 2 aliphatic rings. The van der Waals surface area contributed by atoms with Crippen LogP contribution in [0.5, 0.6) is 11.5 Å². The van der Waals surface area contributed by atoms with Gasteiger partial charge in [-0.05, 0) is 60.4 Å². The predicted octanol–water partition coefficient (Wildman–Crippen LogP) is 4.59. The molecule has 36 heavy (non-hydrogen) atoms. The fourth-order valence-electron chi connectivity index (χ4n) is 4.30. The van der Waals surface area contributed by atoms with E-state index in [0.717, 1.165) is 0 Å². The monoisotopic (exact) mass is 490 g/mol. The van der Waals surface area contributed by atoms with Gasteiger partial charge in [0.25, 0.3) is 0 Å². The molecular weight excluding hydrogens is 464 g/mol. The fourth-order valence-corrected chi connectivity index (χ4v) is 4.30. The van der Waals surface area contributed by atoms with Gasteiger partial charge >= 0.3 is 11.9 Å². The molecule has 8 heteroatoms. The first kappa shape index (κ1) is 23.8. The molecule has 186 valence electrons. The standard InChI is InChI=1S/C28H26O8/c1-15-23(35-13-19-11-33-19)9-7-21(27(29)30)25(15)17-3-5-18(6-4-17)26-16(2)24(36-14-20-12-34-20)10-8-22(26)28(31)32/h3-10,19-20H,11-14H2,1-2H3,(H,29,30)(H,31,32). The average molecular weight is 491 g/mol. The number of epoxide rings is 2. The van der Waals surface area contributed by atoms with Gasteiger partial charge in [-0.3, -0.25) is 0 Å². The normalized spacial score (nSPS) is 17.9. The molecule has 0 aromatic heterocycles. The van der Waals surface area contributed by atoms with E-state index in [2.05, 4.69) is 0 Å². The Morgan fingerprint density at radius 1 is 0.722 bits per heavy atom.